The Balaban J connectivity index is 1.57. The molecule has 0 bridgehead atoms. The lowest BCUT2D eigenvalue weighted by molar-refractivity contribution is 0.0950. The van der Waals surface area contributed by atoms with E-state index in [1.165, 1.54) is 12.8 Å². The van der Waals surface area contributed by atoms with Crippen molar-refractivity contribution in [2.24, 2.45) is 7.05 Å². The number of likely N-dealkylation sites (tertiary alicyclic amines) is 1. The summed E-state index contributed by atoms with van der Waals surface area (Å²) in [4.78, 5) is 37.4. The molecule has 2 aliphatic heterocycles. The number of nitrogens with zero attached hydrogens (tertiary/aromatic N) is 5. The summed E-state index contributed by atoms with van der Waals surface area (Å²) in [6.07, 6.45) is 9.32. The number of benzene rings is 1. The van der Waals surface area contributed by atoms with Crippen LogP contribution in [0, 0.1) is 0 Å². The number of carbonyl (C=O) groups is 1. The highest BCUT2D eigenvalue weighted by molar-refractivity contribution is 6.06. The molecule has 0 spiro atoms. The van der Waals surface area contributed by atoms with E-state index in [-0.39, 0.29) is 23.0 Å². The second-order valence-corrected chi connectivity index (χ2v) is 11.0. The Labute approximate surface area is 239 Å². The third-order valence-electron chi connectivity index (χ3n) is 8.59. The predicted octanol–water partition coefficient (Wildman–Crippen LogP) is 4.07. The molecule has 4 aromatic rings. The Morgan fingerprint density at radius 3 is 2.66 bits per heavy atom. The molecule has 214 valence electrons. The van der Waals surface area contributed by atoms with Crippen molar-refractivity contribution in [2.45, 2.75) is 32.3 Å². The Bertz CT molecular complexity index is 1740. The first-order valence-corrected chi connectivity index (χ1v) is 14.5. The van der Waals surface area contributed by atoms with Gasteiger partial charge in [-0.15, -0.1) is 0 Å². The summed E-state index contributed by atoms with van der Waals surface area (Å²) in [5.41, 5.74) is 4.64. The molecule has 0 saturated carbocycles. The number of hydrogen-bond acceptors (Lipinski definition) is 6. The van der Waals surface area contributed by atoms with Gasteiger partial charge in [-0.3, -0.25) is 14.0 Å². The molecular weight excluding hydrogens is 516 g/mol. The third-order valence-corrected chi connectivity index (χ3v) is 8.59. The predicted molar refractivity (Wildman–Crippen MR) is 166 cm³/mol. The molecule has 6 rings (SSSR count). The first-order chi connectivity index (χ1) is 19.9. The summed E-state index contributed by atoms with van der Waals surface area (Å²) in [6, 6.07) is 7.85. The number of fused-ring (bicyclic) bond motifs is 5. The molecule has 41 heavy (non-hydrogen) atoms. The first-order valence-electron chi connectivity index (χ1n) is 14.5. The van der Waals surface area contributed by atoms with Gasteiger partial charge in [-0.05, 0) is 74.7 Å². The van der Waals surface area contributed by atoms with Crippen LogP contribution in [0.25, 0.3) is 39.9 Å². The van der Waals surface area contributed by atoms with E-state index in [4.69, 9.17) is 9.72 Å². The van der Waals surface area contributed by atoms with Crippen molar-refractivity contribution in [1.29, 1.82) is 0 Å². The minimum absolute atomic E-state index is 0.139. The number of methoxy groups -OCH3 is 1. The van der Waals surface area contributed by atoms with Crippen molar-refractivity contribution in [3.63, 3.8) is 0 Å². The summed E-state index contributed by atoms with van der Waals surface area (Å²) >= 11 is 0. The number of hydrogen-bond donors (Lipinski definition) is 1. The van der Waals surface area contributed by atoms with Gasteiger partial charge in [-0.2, -0.15) is 0 Å². The highest BCUT2D eigenvalue weighted by Gasteiger charge is 2.27. The second-order valence-electron chi connectivity index (χ2n) is 11.0. The molecule has 5 heterocycles. The minimum atomic E-state index is -0.358. The first kappa shape index (κ1) is 27.2. The topological polar surface area (TPSA) is 84.1 Å². The fraction of sp³-hybridized carbons (Fsp3) is 0.406. The van der Waals surface area contributed by atoms with E-state index in [9.17, 15) is 9.59 Å². The lowest BCUT2D eigenvalue weighted by Crippen LogP contribution is -2.36. The van der Waals surface area contributed by atoms with Crippen LogP contribution in [-0.4, -0.2) is 77.2 Å². The molecule has 9 heteroatoms. The van der Waals surface area contributed by atoms with Gasteiger partial charge in [-0.1, -0.05) is 24.8 Å². The molecule has 2 aliphatic rings. The van der Waals surface area contributed by atoms with Gasteiger partial charge >= 0.3 is 0 Å². The minimum Gasteiger partial charge on any atom is -0.380 e. The molecule has 2 saturated heterocycles. The number of pyridine rings is 2. The van der Waals surface area contributed by atoms with Gasteiger partial charge in [0.2, 0.25) is 5.43 Å². The van der Waals surface area contributed by atoms with Crippen LogP contribution in [0.15, 0.2) is 41.7 Å². The fourth-order valence-electron chi connectivity index (χ4n) is 6.38. The molecule has 2 fully saturated rings. The average molecular weight is 555 g/mol. The van der Waals surface area contributed by atoms with Gasteiger partial charge in [0.1, 0.15) is 17.0 Å². The molecule has 1 amide bonds. The molecule has 1 atom stereocenters. The zero-order valence-electron chi connectivity index (χ0n) is 24.2. The number of amides is 1. The normalized spacial score (nSPS) is 18.0. The van der Waals surface area contributed by atoms with Crippen molar-refractivity contribution in [2.75, 3.05) is 51.3 Å². The Kier molecular flexibility index (Phi) is 7.40. The Morgan fingerprint density at radius 2 is 1.95 bits per heavy atom. The average Bonchev–Trinajstić information content (AvgIpc) is 3.73. The maximum atomic E-state index is 14.1. The van der Waals surface area contributed by atoms with Crippen LogP contribution in [0.5, 0.6) is 0 Å². The van der Waals surface area contributed by atoms with E-state index >= 15 is 0 Å². The van der Waals surface area contributed by atoms with Gasteiger partial charge < -0.3 is 24.4 Å². The molecule has 1 N–H and O–H groups in total. The molecule has 1 unspecified atom stereocenters. The van der Waals surface area contributed by atoms with E-state index in [2.05, 4.69) is 33.8 Å². The molecule has 1 aromatic carbocycles. The number of carbonyl (C=O) groups excluding carboxylic acids is 1. The maximum Gasteiger partial charge on any atom is 0.259 e. The van der Waals surface area contributed by atoms with Crippen LogP contribution >= 0.6 is 0 Å². The standard InChI is InChI=1S/C32H38N6O3/c1-5-9-22-19-26-25(18-21(22)6-2)35(3)32-28(31(40)33-13-17-36-14-7-8-15-36)29(39)24-10-11-27(34-30(24)38(26)32)37-16-12-23(20-37)41-4/h5-6,9-11,18-19,23H,2,7-8,12-17,20H2,1,3-4H3,(H,33,40)/b9-5-. The maximum absolute atomic E-state index is 14.1. The smallest absolute Gasteiger partial charge is 0.259 e. The number of allylic oxidation sites excluding steroid dienone is 1. The zero-order chi connectivity index (χ0) is 28.7. The summed E-state index contributed by atoms with van der Waals surface area (Å²) in [6.45, 7) is 10.9. The van der Waals surface area contributed by atoms with E-state index in [0.29, 0.717) is 23.2 Å². The van der Waals surface area contributed by atoms with E-state index < -0.39 is 0 Å². The van der Waals surface area contributed by atoms with Gasteiger partial charge in [-0.25, -0.2) is 4.98 Å². The molecule has 0 aliphatic carbocycles. The SMILES string of the molecule is C=Cc1cc2c(cc1/C=C\C)n1c3nc(N4CCC(OC)C4)ccc3c(=O)c(C(=O)NCCN3CCCC3)c1n2C. The van der Waals surface area contributed by atoms with Crippen LogP contribution in [-0.2, 0) is 11.8 Å². The van der Waals surface area contributed by atoms with Gasteiger partial charge in [0.15, 0.2) is 5.65 Å². The number of imidazole rings is 1. The van der Waals surface area contributed by atoms with E-state index in [1.54, 1.807) is 7.11 Å². The van der Waals surface area contributed by atoms with E-state index in [1.807, 2.05) is 53.3 Å². The van der Waals surface area contributed by atoms with Crippen molar-refractivity contribution < 1.29 is 9.53 Å². The number of aromatic nitrogens is 3. The summed E-state index contributed by atoms with van der Waals surface area (Å²) in [5, 5.41) is 3.46. The van der Waals surface area contributed by atoms with Crippen LogP contribution < -0.4 is 15.6 Å². The van der Waals surface area contributed by atoms with Crippen molar-refractivity contribution in [3.05, 3.63) is 63.8 Å². The lowest BCUT2D eigenvalue weighted by atomic mass is 10.1. The fourth-order valence-corrected chi connectivity index (χ4v) is 6.38. The van der Waals surface area contributed by atoms with Crippen molar-refractivity contribution in [3.8, 4) is 0 Å². The highest BCUT2D eigenvalue weighted by atomic mass is 16.5. The van der Waals surface area contributed by atoms with E-state index in [0.717, 1.165) is 67.1 Å². The number of rotatable bonds is 8. The quantitative estimate of drug-likeness (QED) is 0.354. The molecule has 0 radical (unpaired) electrons. The highest BCUT2D eigenvalue weighted by Crippen LogP contribution is 2.30. The summed E-state index contributed by atoms with van der Waals surface area (Å²) < 4.78 is 9.49. The number of ether oxygens (including phenoxy) is 1. The third kappa shape index (κ3) is 4.73. The lowest BCUT2D eigenvalue weighted by Gasteiger charge is -2.18. The van der Waals surface area contributed by atoms with Crippen LogP contribution in [0.1, 0.15) is 47.7 Å². The van der Waals surface area contributed by atoms with Gasteiger partial charge in [0.25, 0.3) is 5.91 Å². The molecule has 9 nitrogen and oxygen atoms in total. The van der Waals surface area contributed by atoms with Gasteiger partial charge in [0, 0.05) is 40.3 Å². The van der Waals surface area contributed by atoms with Crippen LogP contribution in [0.4, 0.5) is 5.82 Å². The summed E-state index contributed by atoms with van der Waals surface area (Å²) in [7, 11) is 3.64. The van der Waals surface area contributed by atoms with Crippen LogP contribution in [0.3, 0.4) is 0 Å². The zero-order valence-corrected chi connectivity index (χ0v) is 24.2. The molecular formula is C32H38N6O3. The second kappa shape index (κ2) is 11.1. The monoisotopic (exact) mass is 554 g/mol. The number of aryl methyl sites for hydroxylation is 1. The van der Waals surface area contributed by atoms with Gasteiger partial charge in [0.05, 0.1) is 22.5 Å². The molecule has 3 aromatic heterocycles. The van der Waals surface area contributed by atoms with Crippen molar-refractivity contribution >= 4 is 51.6 Å². The Morgan fingerprint density at radius 1 is 1.17 bits per heavy atom. The largest absolute Gasteiger partial charge is 0.380 e. The Hall–Kier alpha value is -3.95. The summed E-state index contributed by atoms with van der Waals surface area (Å²) in [5.74, 6) is 0.435. The number of nitrogens with one attached hydrogen (secondary N) is 1. The van der Waals surface area contributed by atoms with Crippen molar-refractivity contribution in [1.82, 2.24) is 24.2 Å². The van der Waals surface area contributed by atoms with Crippen LogP contribution in [0.2, 0.25) is 0 Å². The number of anilines is 1.